The molecule has 3 amide bonds. The van der Waals surface area contributed by atoms with Crippen LogP contribution in [0.5, 0.6) is 57.5 Å². The highest BCUT2D eigenvalue weighted by molar-refractivity contribution is 6.32. The second kappa shape index (κ2) is 25.6. The van der Waals surface area contributed by atoms with Crippen LogP contribution in [0.15, 0.2) is 73.1 Å². The number of nitrogens with two attached hydrogens (primary N) is 1. The molecule has 0 unspecified atom stereocenters. The van der Waals surface area contributed by atoms with E-state index in [-0.39, 0.29) is 22.8 Å². The molecule has 4 N–H and O–H groups in total. The third kappa shape index (κ3) is 14.8. The van der Waals surface area contributed by atoms with E-state index in [4.69, 9.17) is 56.1 Å². The number of rotatable bonds is 18. The van der Waals surface area contributed by atoms with Gasteiger partial charge in [0.25, 0.3) is 30.6 Å². The summed E-state index contributed by atoms with van der Waals surface area (Å²) in [6, 6.07) is 7.84. The van der Waals surface area contributed by atoms with Crippen LogP contribution in [-0.2, 0) is 4.74 Å². The van der Waals surface area contributed by atoms with E-state index in [2.05, 4.69) is 44.3 Å². The normalized spacial score (nSPS) is 12.6. The summed E-state index contributed by atoms with van der Waals surface area (Å²) in [6.07, 6.45) is -15.2. The Bertz CT molecular complexity index is 3520. The van der Waals surface area contributed by atoms with Crippen molar-refractivity contribution in [3.05, 3.63) is 128 Å². The Labute approximate surface area is 453 Å². The molecular weight excluding hydrogens is 1140 g/mol. The average molecular weight is 1180 g/mol. The maximum absolute atomic E-state index is 15.0. The van der Waals surface area contributed by atoms with Crippen molar-refractivity contribution >= 4 is 58.3 Å². The van der Waals surface area contributed by atoms with Gasteiger partial charge >= 0.3 is 18.7 Å². The first-order chi connectivity index (χ1) is 39.4. The largest absolute Gasteiger partial charge is 0.573 e. The molecule has 0 saturated carbocycles. The minimum Gasteiger partial charge on any atom is -0.495 e. The van der Waals surface area contributed by atoms with E-state index in [1.807, 2.05) is 0 Å². The summed E-state index contributed by atoms with van der Waals surface area (Å²) in [5.41, 5.74) is 0.810. The Morgan fingerprint density at radius 2 is 0.949 bits per heavy atom. The molecule has 0 bridgehead atoms. The van der Waals surface area contributed by atoms with Crippen LogP contribution in [0.2, 0.25) is 10.0 Å². The number of amides is 3. The lowest BCUT2D eigenvalue weighted by Gasteiger charge is -2.20. The monoisotopic (exact) mass is 1180 g/mol. The smallest absolute Gasteiger partial charge is 0.495 e. The number of halogens is 14. The zero-order valence-electron chi connectivity index (χ0n) is 45.2. The van der Waals surface area contributed by atoms with Crippen molar-refractivity contribution in [2.24, 2.45) is 5.73 Å². The van der Waals surface area contributed by atoms with Gasteiger partial charge in [-0.2, -0.15) is 8.78 Å². The fourth-order valence-electron chi connectivity index (χ4n) is 6.45. The molecule has 79 heavy (non-hydrogen) atoms. The van der Waals surface area contributed by atoms with Crippen LogP contribution in [0.1, 0.15) is 73.9 Å². The maximum atomic E-state index is 15.0. The molecule has 0 fully saturated rings. The summed E-state index contributed by atoms with van der Waals surface area (Å²) in [4.78, 5) is 57.4. The maximum Gasteiger partial charge on any atom is 0.573 e. The molecule has 0 atom stereocenters. The van der Waals surface area contributed by atoms with E-state index < -0.39 is 165 Å². The Balaban J connectivity index is 0.000000311. The summed E-state index contributed by atoms with van der Waals surface area (Å²) in [7, 11) is -4.03. The van der Waals surface area contributed by atoms with Gasteiger partial charge in [0, 0.05) is 35.9 Å². The molecule has 0 radical (unpaired) electrons. The van der Waals surface area contributed by atoms with Crippen molar-refractivity contribution in [3.8, 4) is 57.5 Å². The second-order valence-electron chi connectivity index (χ2n) is 14.5. The summed E-state index contributed by atoms with van der Waals surface area (Å²) in [5, 5.41) is 3.09. The Hall–Kier alpha value is -8.80. The lowest BCUT2D eigenvalue weighted by molar-refractivity contribution is -0.276. The van der Waals surface area contributed by atoms with E-state index in [1.54, 1.807) is 0 Å². The van der Waals surface area contributed by atoms with E-state index in [0.717, 1.165) is 45.9 Å². The van der Waals surface area contributed by atoms with E-state index in [0.29, 0.717) is 36.4 Å². The lowest BCUT2D eigenvalue weighted by atomic mass is 10.1. The summed E-state index contributed by atoms with van der Waals surface area (Å²) in [6.45, 7) is 0. The van der Waals surface area contributed by atoms with Crippen molar-refractivity contribution in [1.29, 1.82) is 0 Å². The molecule has 18 nitrogen and oxygen atoms in total. The zero-order chi connectivity index (χ0) is 63.8. The van der Waals surface area contributed by atoms with Crippen LogP contribution in [0.4, 0.5) is 64.1 Å². The number of hydrogen-bond acceptors (Lipinski definition) is 15. The van der Waals surface area contributed by atoms with Gasteiger partial charge in [-0.15, -0.1) is 26.3 Å². The molecule has 2 heterocycles. The Kier molecular flexibility index (Phi) is 16.9. The van der Waals surface area contributed by atoms with Gasteiger partial charge in [0.15, 0.2) is 23.0 Å². The highest BCUT2D eigenvalue weighted by atomic mass is 35.5. The highest BCUT2D eigenvalue weighted by Gasteiger charge is 2.37. The van der Waals surface area contributed by atoms with Crippen molar-refractivity contribution in [3.63, 3.8) is 0 Å². The van der Waals surface area contributed by atoms with Crippen molar-refractivity contribution in [2.45, 2.75) is 25.6 Å². The van der Waals surface area contributed by atoms with Gasteiger partial charge in [0.2, 0.25) is 23.1 Å². The van der Waals surface area contributed by atoms with Gasteiger partial charge in [0.05, 0.1) is 64.8 Å². The molecule has 2 aromatic heterocycles. The number of carbonyl (C=O) groups excluding carboxylic acids is 4. The zero-order valence-corrected chi connectivity index (χ0v) is 40.7. The summed E-state index contributed by atoms with van der Waals surface area (Å²) >= 11 is 12.0. The first-order valence-electron chi connectivity index (χ1n) is 23.6. The van der Waals surface area contributed by atoms with Crippen LogP contribution < -0.4 is 54.3 Å². The van der Waals surface area contributed by atoms with E-state index in [1.165, 1.54) is 12.1 Å². The molecule has 0 aliphatic rings. The summed E-state index contributed by atoms with van der Waals surface area (Å²) in [5.74, 6) is -19.2. The number of nitrogens with one attached hydrogen (secondary N) is 2. The molecule has 4 aromatic carbocycles. The number of carbonyl (C=O) groups is 4. The summed E-state index contributed by atoms with van der Waals surface area (Å²) < 4.78 is 247. The molecule has 32 heteroatoms. The van der Waals surface area contributed by atoms with Gasteiger partial charge in [-0.1, -0.05) is 23.2 Å². The Morgan fingerprint density at radius 1 is 0.570 bits per heavy atom. The van der Waals surface area contributed by atoms with Crippen LogP contribution in [0, 0.1) is 11.6 Å². The standard InChI is InChI=1S/C24H17ClF6N2O7.C23H16ClF6N3O6/c1-36-19-14(5-4-13(18(19)26)40-24(29,30)31)39-15-9-11(25)16(21(27)28)20(37-2)17(15)22(34)33-10-6-7-32-12(8-10)23(35)38-3;1-36-18-13(4-3-12(17(18)25)39-23(28,29)30)38-14-8-10(24)15(20(26)27)19(37-2)16(14)22(35)33-9-5-6-32-11(7-9)21(31)34/h4-9,21H,1-3H3,(H,32,33,34);3-8,20H,1-2H3,(H2,31,34)(H,32,33,35)/i2*1D3. The number of aromatic nitrogens is 2. The van der Waals surface area contributed by atoms with Crippen molar-refractivity contribution in [1.82, 2.24) is 9.97 Å². The highest BCUT2D eigenvalue weighted by Crippen LogP contribution is 2.49. The number of benzene rings is 4. The number of ether oxygens (including phenoxy) is 9. The molecule has 6 rings (SSSR count). The molecule has 0 saturated heterocycles. The number of pyridine rings is 2. The third-order valence-electron chi connectivity index (χ3n) is 9.59. The predicted octanol–water partition coefficient (Wildman–Crippen LogP) is 12.4. The van der Waals surface area contributed by atoms with Gasteiger partial charge < -0.3 is 59.0 Å². The fourth-order valence-corrected chi connectivity index (χ4v) is 6.99. The van der Waals surface area contributed by atoms with Crippen LogP contribution in [-0.4, -0.2) is 81.8 Å². The number of alkyl halides is 10. The molecular formula is C47H33Cl2F12N5O13. The number of esters is 1. The molecule has 0 aliphatic heterocycles. The lowest BCUT2D eigenvalue weighted by Crippen LogP contribution is -2.18. The SMILES string of the molecule is [2H]C([2H])([2H])Oc1c(Oc2cc(Cl)c(C(F)F)c(OC)c2C(=O)Nc2ccnc(C(=O)OC)c2)ccc(OC(F)(F)F)c1F.[2H]C([2H])([2H])Oc1c(Oc2cc(Cl)c(C(F)F)c(OC)c2C(=O)Nc2ccnc(C(N)=O)c2)ccc(OC(F)(F)F)c1F. The molecule has 0 aliphatic carbocycles. The van der Waals surface area contributed by atoms with Crippen LogP contribution in [0.25, 0.3) is 0 Å². The molecule has 6 aromatic rings. The van der Waals surface area contributed by atoms with Gasteiger partial charge in [-0.3, -0.25) is 19.4 Å². The fraction of sp³-hybridized carbons (Fsp3) is 0.191. The quantitative estimate of drug-likeness (QED) is 0.0537. The number of hydrogen-bond donors (Lipinski definition) is 3. The Morgan fingerprint density at radius 3 is 1.29 bits per heavy atom. The number of methoxy groups -OCH3 is 5. The van der Waals surface area contributed by atoms with Gasteiger partial charge in [-0.25, -0.2) is 27.3 Å². The van der Waals surface area contributed by atoms with Crippen molar-refractivity contribution in [2.75, 3.05) is 46.0 Å². The minimum atomic E-state index is -5.39. The number of nitrogens with zero attached hydrogens (tertiary/aromatic N) is 2. The van der Waals surface area contributed by atoms with Crippen LogP contribution in [0.3, 0.4) is 0 Å². The molecule has 0 spiro atoms. The number of anilines is 2. The second-order valence-corrected chi connectivity index (χ2v) is 15.3. The van der Waals surface area contributed by atoms with E-state index >= 15 is 4.39 Å². The average Bonchev–Trinajstić information content (AvgIpc) is 1.37. The molecule has 422 valence electrons. The van der Waals surface area contributed by atoms with Gasteiger partial charge in [-0.05, 0) is 48.5 Å². The topological polar surface area (TPSA) is 227 Å². The van der Waals surface area contributed by atoms with Crippen LogP contribution >= 0.6 is 23.2 Å². The van der Waals surface area contributed by atoms with Gasteiger partial charge in [0.1, 0.15) is 45.5 Å². The minimum absolute atomic E-state index is 0.104. The third-order valence-corrected chi connectivity index (χ3v) is 10.2. The van der Waals surface area contributed by atoms with Crippen molar-refractivity contribution < 1.29 is 123 Å². The first-order valence-corrected chi connectivity index (χ1v) is 21.3. The first kappa shape index (κ1) is 52.3. The number of primary amides is 1. The predicted molar refractivity (Wildman–Crippen MR) is 250 cm³/mol. The van der Waals surface area contributed by atoms with E-state index in [9.17, 15) is 67.5 Å².